The van der Waals surface area contributed by atoms with Crippen LogP contribution in [0.25, 0.3) is 5.95 Å². The van der Waals surface area contributed by atoms with Gasteiger partial charge in [0.1, 0.15) is 6.33 Å². The first-order chi connectivity index (χ1) is 8.99. The SMILES string of the molecule is Cc1nc(-n2cnc(C)c2C)ncc1CNC(C)C. The van der Waals surface area contributed by atoms with Crippen LogP contribution in [0.15, 0.2) is 12.5 Å². The van der Waals surface area contributed by atoms with Crippen LogP contribution in [0, 0.1) is 20.8 Å². The van der Waals surface area contributed by atoms with E-state index in [0.717, 1.165) is 29.2 Å². The summed E-state index contributed by atoms with van der Waals surface area (Å²) in [5.74, 6) is 0.684. The third kappa shape index (κ3) is 2.98. The lowest BCUT2D eigenvalue weighted by Crippen LogP contribution is -2.22. The summed E-state index contributed by atoms with van der Waals surface area (Å²) in [7, 11) is 0. The summed E-state index contributed by atoms with van der Waals surface area (Å²) in [5.41, 5.74) is 4.22. The van der Waals surface area contributed by atoms with Crippen molar-refractivity contribution in [3.63, 3.8) is 0 Å². The van der Waals surface area contributed by atoms with Crippen molar-refractivity contribution in [1.29, 1.82) is 0 Å². The van der Waals surface area contributed by atoms with E-state index in [1.165, 1.54) is 0 Å². The maximum absolute atomic E-state index is 4.57. The number of aromatic nitrogens is 4. The zero-order chi connectivity index (χ0) is 14.0. The highest BCUT2D eigenvalue weighted by Gasteiger charge is 2.09. The molecule has 102 valence electrons. The fourth-order valence-corrected chi connectivity index (χ4v) is 1.78. The molecule has 2 aromatic rings. The smallest absolute Gasteiger partial charge is 0.235 e. The van der Waals surface area contributed by atoms with E-state index >= 15 is 0 Å². The minimum atomic E-state index is 0.456. The van der Waals surface area contributed by atoms with Gasteiger partial charge in [0, 0.05) is 35.7 Å². The first-order valence-electron chi connectivity index (χ1n) is 6.56. The molecule has 2 heterocycles. The quantitative estimate of drug-likeness (QED) is 0.913. The Bertz CT molecular complexity index is 571. The van der Waals surface area contributed by atoms with Crippen molar-refractivity contribution in [3.8, 4) is 5.95 Å². The van der Waals surface area contributed by atoms with Gasteiger partial charge in [-0.15, -0.1) is 0 Å². The first kappa shape index (κ1) is 13.7. The van der Waals surface area contributed by atoms with Crippen LogP contribution in [-0.4, -0.2) is 25.6 Å². The van der Waals surface area contributed by atoms with Crippen LogP contribution in [0.1, 0.15) is 36.5 Å². The topological polar surface area (TPSA) is 55.6 Å². The molecule has 1 N–H and O–H groups in total. The molecule has 19 heavy (non-hydrogen) atoms. The Morgan fingerprint density at radius 3 is 2.42 bits per heavy atom. The third-order valence-electron chi connectivity index (χ3n) is 3.24. The summed E-state index contributed by atoms with van der Waals surface area (Å²) in [6.07, 6.45) is 3.66. The van der Waals surface area contributed by atoms with Gasteiger partial charge in [-0.3, -0.25) is 4.57 Å². The molecule has 0 aromatic carbocycles. The highest BCUT2D eigenvalue weighted by Crippen LogP contribution is 2.12. The van der Waals surface area contributed by atoms with Crippen LogP contribution in [0.5, 0.6) is 0 Å². The highest BCUT2D eigenvalue weighted by molar-refractivity contribution is 5.25. The van der Waals surface area contributed by atoms with Crippen molar-refractivity contribution in [2.75, 3.05) is 0 Å². The van der Waals surface area contributed by atoms with Crippen LogP contribution in [0.4, 0.5) is 0 Å². The Morgan fingerprint density at radius 2 is 1.89 bits per heavy atom. The van der Waals surface area contributed by atoms with Crippen molar-refractivity contribution in [3.05, 3.63) is 35.2 Å². The number of nitrogens with one attached hydrogen (secondary N) is 1. The van der Waals surface area contributed by atoms with E-state index in [1.54, 1.807) is 6.33 Å². The Morgan fingerprint density at radius 1 is 1.16 bits per heavy atom. The summed E-state index contributed by atoms with van der Waals surface area (Å²) < 4.78 is 1.92. The van der Waals surface area contributed by atoms with E-state index in [9.17, 15) is 0 Å². The van der Waals surface area contributed by atoms with Gasteiger partial charge in [0.2, 0.25) is 5.95 Å². The number of aryl methyl sites for hydroxylation is 2. The van der Waals surface area contributed by atoms with Crippen LogP contribution in [0.3, 0.4) is 0 Å². The molecule has 0 spiro atoms. The molecule has 0 atom stereocenters. The van der Waals surface area contributed by atoms with Gasteiger partial charge in [-0.25, -0.2) is 15.0 Å². The average molecular weight is 259 g/mol. The first-order valence-corrected chi connectivity index (χ1v) is 6.56. The standard InChI is InChI=1S/C14H21N5/c1-9(2)15-6-13-7-16-14(18-11(13)4)19-8-17-10(3)12(19)5/h7-9,15H,6H2,1-5H3. The average Bonchev–Trinajstić information content (AvgIpc) is 2.68. The van der Waals surface area contributed by atoms with Crippen molar-refractivity contribution < 1.29 is 0 Å². The zero-order valence-corrected chi connectivity index (χ0v) is 12.2. The monoisotopic (exact) mass is 259 g/mol. The molecule has 0 radical (unpaired) electrons. The lowest BCUT2D eigenvalue weighted by Gasteiger charge is -2.11. The summed E-state index contributed by atoms with van der Waals surface area (Å²) >= 11 is 0. The van der Waals surface area contributed by atoms with Gasteiger partial charge in [-0.05, 0) is 20.8 Å². The summed E-state index contributed by atoms with van der Waals surface area (Å²) in [6, 6.07) is 0.456. The Kier molecular flexibility index (Phi) is 3.95. The number of imidazole rings is 1. The molecular weight excluding hydrogens is 238 g/mol. The molecular formula is C14H21N5. The number of nitrogens with zero attached hydrogens (tertiary/aromatic N) is 4. The Labute approximate surface area is 114 Å². The van der Waals surface area contributed by atoms with Gasteiger partial charge >= 0.3 is 0 Å². The predicted molar refractivity (Wildman–Crippen MR) is 75.3 cm³/mol. The lowest BCUT2D eigenvalue weighted by molar-refractivity contribution is 0.584. The van der Waals surface area contributed by atoms with Crippen LogP contribution in [0.2, 0.25) is 0 Å². The summed E-state index contributed by atoms with van der Waals surface area (Å²) in [6.45, 7) is 11.1. The molecule has 0 fully saturated rings. The van der Waals surface area contributed by atoms with Crippen LogP contribution >= 0.6 is 0 Å². The second-order valence-electron chi connectivity index (χ2n) is 5.10. The van der Waals surface area contributed by atoms with E-state index in [0.29, 0.717) is 12.0 Å². The normalized spacial score (nSPS) is 11.3. The largest absolute Gasteiger partial charge is 0.310 e. The van der Waals surface area contributed by atoms with Crippen LogP contribution in [-0.2, 0) is 6.54 Å². The predicted octanol–water partition coefficient (Wildman–Crippen LogP) is 2.09. The fraction of sp³-hybridized carbons (Fsp3) is 0.500. The number of hydrogen-bond acceptors (Lipinski definition) is 4. The van der Waals surface area contributed by atoms with E-state index in [-0.39, 0.29) is 0 Å². The molecule has 0 unspecified atom stereocenters. The van der Waals surface area contributed by atoms with Crippen molar-refractivity contribution in [2.24, 2.45) is 0 Å². The van der Waals surface area contributed by atoms with Gasteiger partial charge in [-0.2, -0.15) is 0 Å². The van der Waals surface area contributed by atoms with Crippen molar-refractivity contribution in [2.45, 2.75) is 47.2 Å². The molecule has 5 heteroatoms. The fourth-order valence-electron chi connectivity index (χ4n) is 1.78. The molecule has 0 saturated heterocycles. The second kappa shape index (κ2) is 5.48. The van der Waals surface area contributed by atoms with E-state index in [2.05, 4.69) is 34.1 Å². The summed E-state index contributed by atoms with van der Waals surface area (Å²) in [5, 5.41) is 3.38. The minimum Gasteiger partial charge on any atom is -0.310 e. The molecule has 0 aliphatic carbocycles. The second-order valence-corrected chi connectivity index (χ2v) is 5.10. The lowest BCUT2D eigenvalue weighted by atomic mass is 10.2. The molecule has 2 aromatic heterocycles. The number of rotatable bonds is 4. The molecule has 5 nitrogen and oxygen atoms in total. The zero-order valence-electron chi connectivity index (χ0n) is 12.2. The minimum absolute atomic E-state index is 0.456. The van der Waals surface area contributed by atoms with E-state index < -0.39 is 0 Å². The van der Waals surface area contributed by atoms with Crippen molar-refractivity contribution in [1.82, 2.24) is 24.8 Å². The molecule has 0 bridgehead atoms. The molecule has 2 rings (SSSR count). The van der Waals surface area contributed by atoms with Gasteiger partial charge in [0.25, 0.3) is 0 Å². The molecule has 0 aliphatic rings. The van der Waals surface area contributed by atoms with Gasteiger partial charge in [0.05, 0.1) is 5.69 Å². The molecule has 0 amide bonds. The molecule has 0 aliphatic heterocycles. The van der Waals surface area contributed by atoms with Gasteiger partial charge < -0.3 is 5.32 Å². The van der Waals surface area contributed by atoms with Crippen LogP contribution < -0.4 is 5.32 Å². The maximum atomic E-state index is 4.57. The third-order valence-corrected chi connectivity index (χ3v) is 3.24. The summed E-state index contributed by atoms with van der Waals surface area (Å²) in [4.78, 5) is 13.3. The Balaban J connectivity index is 2.26. The number of hydrogen-bond donors (Lipinski definition) is 1. The molecule has 0 saturated carbocycles. The van der Waals surface area contributed by atoms with Gasteiger partial charge in [0.15, 0.2) is 0 Å². The van der Waals surface area contributed by atoms with Crippen molar-refractivity contribution >= 4 is 0 Å². The van der Waals surface area contributed by atoms with Gasteiger partial charge in [-0.1, -0.05) is 13.8 Å². The van der Waals surface area contributed by atoms with E-state index in [4.69, 9.17) is 0 Å². The van der Waals surface area contributed by atoms with E-state index in [1.807, 2.05) is 31.5 Å². The maximum Gasteiger partial charge on any atom is 0.235 e. The highest BCUT2D eigenvalue weighted by atomic mass is 15.2. The Hall–Kier alpha value is -1.75.